The van der Waals surface area contributed by atoms with E-state index in [1.165, 1.54) is 0 Å². The minimum absolute atomic E-state index is 0.229. The second kappa shape index (κ2) is 7.35. The molecule has 0 fully saturated rings. The van der Waals surface area contributed by atoms with E-state index < -0.39 is 51.1 Å². The van der Waals surface area contributed by atoms with Crippen LogP contribution in [0.1, 0.15) is 11.1 Å². The molecule has 0 bridgehead atoms. The number of benzene rings is 2. The molecule has 0 aliphatic rings. The molecular formula is C15H10F7NO3S. The van der Waals surface area contributed by atoms with Crippen LogP contribution in [0.2, 0.25) is 0 Å². The summed E-state index contributed by atoms with van der Waals surface area (Å²) in [7, 11) is -4.25. The largest absolute Gasteiger partial charge is 0.573 e. The lowest BCUT2D eigenvalue weighted by Gasteiger charge is -2.11. The molecule has 0 radical (unpaired) electrons. The molecule has 0 unspecified atom stereocenters. The summed E-state index contributed by atoms with van der Waals surface area (Å²) in [5.41, 5.74) is -1.57. The van der Waals surface area contributed by atoms with Gasteiger partial charge in [0.15, 0.2) is 0 Å². The maximum Gasteiger partial charge on any atom is 0.573 e. The molecule has 2 aromatic carbocycles. The molecule has 0 aromatic heterocycles. The van der Waals surface area contributed by atoms with Gasteiger partial charge >= 0.3 is 12.5 Å². The quantitative estimate of drug-likeness (QED) is 0.742. The van der Waals surface area contributed by atoms with Crippen LogP contribution in [0.15, 0.2) is 47.4 Å². The Morgan fingerprint density at radius 1 is 0.926 bits per heavy atom. The van der Waals surface area contributed by atoms with Gasteiger partial charge < -0.3 is 4.74 Å². The van der Waals surface area contributed by atoms with Crippen molar-refractivity contribution in [3.8, 4) is 5.75 Å². The average Bonchev–Trinajstić information content (AvgIpc) is 2.51. The van der Waals surface area contributed by atoms with Gasteiger partial charge in [-0.15, -0.1) is 13.2 Å². The Bertz CT molecular complexity index is 906. The smallest absolute Gasteiger partial charge is 0.406 e. The third-order valence-electron chi connectivity index (χ3n) is 3.20. The van der Waals surface area contributed by atoms with E-state index in [2.05, 4.69) is 4.74 Å². The summed E-state index contributed by atoms with van der Waals surface area (Å²) in [5.74, 6) is -1.91. The van der Waals surface area contributed by atoms with Crippen LogP contribution in [-0.4, -0.2) is 14.8 Å². The van der Waals surface area contributed by atoms with Crippen molar-refractivity contribution < 1.29 is 43.9 Å². The number of nitrogens with one attached hydrogen (secondary N) is 1. The van der Waals surface area contributed by atoms with Crippen LogP contribution in [0.5, 0.6) is 5.75 Å². The number of halogens is 7. The molecule has 2 rings (SSSR count). The fourth-order valence-electron chi connectivity index (χ4n) is 1.94. The van der Waals surface area contributed by atoms with Crippen LogP contribution >= 0.6 is 0 Å². The van der Waals surface area contributed by atoms with E-state index in [0.717, 1.165) is 30.3 Å². The van der Waals surface area contributed by atoms with Gasteiger partial charge in [0.2, 0.25) is 10.0 Å². The second-order valence-corrected chi connectivity index (χ2v) is 6.91. The van der Waals surface area contributed by atoms with Crippen molar-refractivity contribution in [3.63, 3.8) is 0 Å². The minimum Gasteiger partial charge on any atom is -0.406 e. The summed E-state index contributed by atoms with van der Waals surface area (Å²) in [6, 6.07) is 4.78. The number of alkyl halides is 6. The Morgan fingerprint density at radius 3 is 2.00 bits per heavy atom. The molecule has 0 saturated heterocycles. The first-order valence-corrected chi connectivity index (χ1v) is 8.47. The Labute approximate surface area is 148 Å². The molecule has 148 valence electrons. The van der Waals surface area contributed by atoms with Crippen molar-refractivity contribution in [1.82, 2.24) is 4.72 Å². The van der Waals surface area contributed by atoms with Gasteiger partial charge in [0, 0.05) is 12.1 Å². The van der Waals surface area contributed by atoms with E-state index in [1.54, 1.807) is 0 Å². The fourth-order valence-corrected chi connectivity index (χ4v) is 2.95. The summed E-state index contributed by atoms with van der Waals surface area (Å²) in [4.78, 5) is -0.440. The van der Waals surface area contributed by atoms with Gasteiger partial charge in [-0.3, -0.25) is 0 Å². The average molecular weight is 417 g/mol. The molecule has 0 atom stereocenters. The molecule has 27 heavy (non-hydrogen) atoms. The molecule has 0 heterocycles. The van der Waals surface area contributed by atoms with E-state index in [-0.39, 0.29) is 11.6 Å². The SMILES string of the molecule is O=S(=O)(NCc1ccc(C(F)(F)F)cc1F)c1ccc(OC(F)(F)F)cc1. The van der Waals surface area contributed by atoms with Crippen LogP contribution in [-0.2, 0) is 22.7 Å². The van der Waals surface area contributed by atoms with Gasteiger partial charge in [0.05, 0.1) is 10.5 Å². The number of ether oxygens (including phenoxy) is 1. The van der Waals surface area contributed by atoms with Crippen molar-refractivity contribution in [2.24, 2.45) is 0 Å². The molecule has 0 aliphatic carbocycles. The van der Waals surface area contributed by atoms with Gasteiger partial charge in [-0.25, -0.2) is 17.5 Å². The number of rotatable bonds is 5. The lowest BCUT2D eigenvalue weighted by molar-refractivity contribution is -0.274. The zero-order valence-electron chi connectivity index (χ0n) is 13.0. The third-order valence-corrected chi connectivity index (χ3v) is 4.62. The van der Waals surface area contributed by atoms with E-state index >= 15 is 0 Å². The maximum atomic E-state index is 13.7. The van der Waals surface area contributed by atoms with Crippen LogP contribution in [0, 0.1) is 5.82 Å². The highest BCUT2D eigenvalue weighted by atomic mass is 32.2. The highest BCUT2D eigenvalue weighted by molar-refractivity contribution is 7.89. The highest BCUT2D eigenvalue weighted by Gasteiger charge is 2.32. The maximum absolute atomic E-state index is 13.7. The Morgan fingerprint density at radius 2 is 1.52 bits per heavy atom. The zero-order chi connectivity index (χ0) is 20.5. The molecule has 0 saturated carbocycles. The summed E-state index contributed by atoms with van der Waals surface area (Å²) in [6.07, 6.45) is -9.70. The zero-order valence-corrected chi connectivity index (χ0v) is 13.8. The van der Waals surface area contributed by atoms with Gasteiger partial charge in [-0.2, -0.15) is 13.2 Å². The highest BCUT2D eigenvalue weighted by Crippen LogP contribution is 2.30. The monoisotopic (exact) mass is 417 g/mol. The van der Waals surface area contributed by atoms with Crippen LogP contribution in [0.3, 0.4) is 0 Å². The standard InChI is InChI=1S/C15H10F7NO3S/c16-13-7-10(14(17,18)19)2-1-9(13)8-23-27(24,25)12-5-3-11(4-6-12)26-15(20,21)22/h1-7,23H,8H2. The van der Waals surface area contributed by atoms with Crippen molar-refractivity contribution in [1.29, 1.82) is 0 Å². The molecule has 4 nitrogen and oxygen atoms in total. The van der Waals surface area contributed by atoms with Crippen LogP contribution < -0.4 is 9.46 Å². The molecule has 2 aromatic rings. The van der Waals surface area contributed by atoms with Crippen molar-refractivity contribution in [2.45, 2.75) is 24.0 Å². The summed E-state index contributed by atoms with van der Waals surface area (Å²) in [6.45, 7) is -0.660. The van der Waals surface area contributed by atoms with Crippen molar-refractivity contribution in [2.75, 3.05) is 0 Å². The molecule has 0 spiro atoms. The van der Waals surface area contributed by atoms with E-state index in [4.69, 9.17) is 0 Å². The topological polar surface area (TPSA) is 55.4 Å². The van der Waals surface area contributed by atoms with Gasteiger partial charge in [0.1, 0.15) is 11.6 Å². The van der Waals surface area contributed by atoms with Gasteiger partial charge in [0.25, 0.3) is 0 Å². The van der Waals surface area contributed by atoms with Crippen molar-refractivity contribution >= 4 is 10.0 Å². The molecule has 0 amide bonds. The first-order chi connectivity index (χ1) is 12.3. The normalized spacial score (nSPS) is 12.9. The Hall–Kier alpha value is -2.34. The number of hydrogen-bond acceptors (Lipinski definition) is 3. The summed E-state index contributed by atoms with van der Waals surface area (Å²) < 4.78 is 117. The molecular weight excluding hydrogens is 407 g/mol. The third kappa shape index (κ3) is 5.82. The summed E-state index contributed by atoms with van der Waals surface area (Å²) in [5, 5.41) is 0. The Kier molecular flexibility index (Phi) is 5.71. The predicted octanol–water partition coefficient (Wildman–Crippen LogP) is 4.22. The van der Waals surface area contributed by atoms with Crippen molar-refractivity contribution in [3.05, 3.63) is 59.4 Å². The predicted molar refractivity (Wildman–Crippen MR) is 78.6 cm³/mol. The minimum atomic E-state index is -4.95. The van der Waals surface area contributed by atoms with Crippen LogP contribution in [0.25, 0.3) is 0 Å². The van der Waals surface area contributed by atoms with E-state index in [9.17, 15) is 39.2 Å². The number of hydrogen-bond donors (Lipinski definition) is 1. The van der Waals surface area contributed by atoms with Crippen LogP contribution in [0.4, 0.5) is 30.7 Å². The number of sulfonamides is 1. The van der Waals surface area contributed by atoms with E-state index in [1.807, 2.05) is 4.72 Å². The van der Waals surface area contributed by atoms with Gasteiger partial charge in [-0.05, 0) is 36.4 Å². The second-order valence-electron chi connectivity index (χ2n) is 5.15. The lowest BCUT2D eigenvalue weighted by atomic mass is 10.1. The lowest BCUT2D eigenvalue weighted by Crippen LogP contribution is -2.24. The molecule has 12 heteroatoms. The first-order valence-electron chi connectivity index (χ1n) is 6.99. The molecule has 1 N–H and O–H groups in total. The Balaban J connectivity index is 2.11. The van der Waals surface area contributed by atoms with Gasteiger partial charge in [-0.1, -0.05) is 6.07 Å². The summed E-state index contributed by atoms with van der Waals surface area (Å²) >= 11 is 0. The molecule has 0 aliphatic heterocycles. The van der Waals surface area contributed by atoms with E-state index in [0.29, 0.717) is 6.07 Å². The first kappa shape index (κ1) is 21.0. The fraction of sp³-hybridized carbons (Fsp3) is 0.200.